The van der Waals surface area contributed by atoms with E-state index >= 15 is 0 Å². The molecule has 1 aromatic carbocycles. The Balaban J connectivity index is 2.02. The molecule has 1 N–H and O–H groups in total. The molecule has 0 fully saturated rings. The number of alkyl halides is 2. The molecule has 0 bridgehead atoms. The highest BCUT2D eigenvalue weighted by Crippen LogP contribution is 2.18. The Hall–Kier alpha value is -2.09. The van der Waals surface area contributed by atoms with Gasteiger partial charge in [0.15, 0.2) is 6.33 Å². The molecule has 0 radical (unpaired) electrons. The van der Waals surface area contributed by atoms with Gasteiger partial charge in [-0.05, 0) is 29.3 Å². The number of hydrogen-bond donors (Lipinski definition) is 1. The van der Waals surface area contributed by atoms with Crippen molar-refractivity contribution < 1.29 is 18.6 Å². The Kier molecular flexibility index (Phi) is 4.35. The Morgan fingerprint density at radius 3 is 2.53 bits per heavy atom. The van der Waals surface area contributed by atoms with Crippen LogP contribution >= 0.6 is 0 Å². The third kappa shape index (κ3) is 3.68. The average Bonchev–Trinajstić information content (AvgIpc) is 2.91. The quantitative estimate of drug-likeness (QED) is 0.849. The number of rotatable bonds is 6. The number of aromatic nitrogens is 4. The molecule has 1 atom stereocenters. The third-order valence-corrected chi connectivity index (χ3v) is 2.52. The predicted octanol–water partition coefficient (Wildman–Crippen LogP) is 1.05. The van der Waals surface area contributed by atoms with Crippen molar-refractivity contribution in [1.29, 1.82) is 0 Å². The monoisotopic (exact) mass is 270 g/mol. The molecule has 0 spiro atoms. The lowest BCUT2D eigenvalue weighted by molar-refractivity contribution is -0.0498. The van der Waals surface area contributed by atoms with Crippen molar-refractivity contribution in [3.05, 3.63) is 36.2 Å². The van der Waals surface area contributed by atoms with Crippen LogP contribution < -0.4 is 4.74 Å². The first-order valence-corrected chi connectivity index (χ1v) is 5.56. The van der Waals surface area contributed by atoms with Crippen LogP contribution in [-0.4, -0.2) is 38.5 Å². The average molecular weight is 270 g/mol. The zero-order valence-corrected chi connectivity index (χ0v) is 9.86. The fourth-order valence-electron chi connectivity index (χ4n) is 1.64. The SMILES string of the molecule is OCC(Cc1ccc(OC(F)F)cc1)n1ncnn1. The Labute approximate surface area is 107 Å². The molecule has 0 saturated carbocycles. The number of benzene rings is 1. The van der Waals surface area contributed by atoms with Gasteiger partial charge < -0.3 is 9.84 Å². The number of aliphatic hydroxyl groups is 1. The highest BCUT2D eigenvalue weighted by Gasteiger charge is 2.13. The first-order chi connectivity index (χ1) is 9.19. The second kappa shape index (κ2) is 6.19. The summed E-state index contributed by atoms with van der Waals surface area (Å²) in [6.07, 6.45) is 1.74. The second-order valence-corrected chi connectivity index (χ2v) is 3.82. The zero-order valence-electron chi connectivity index (χ0n) is 9.86. The van der Waals surface area contributed by atoms with Gasteiger partial charge in [0.2, 0.25) is 0 Å². The molecule has 0 aliphatic heterocycles. The van der Waals surface area contributed by atoms with Crippen LogP contribution in [0.1, 0.15) is 11.6 Å². The lowest BCUT2D eigenvalue weighted by Crippen LogP contribution is -2.18. The van der Waals surface area contributed by atoms with Crippen molar-refractivity contribution in [2.24, 2.45) is 0 Å². The lowest BCUT2D eigenvalue weighted by Gasteiger charge is -2.12. The van der Waals surface area contributed by atoms with E-state index in [9.17, 15) is 13.9 Å². The molecule has 2 rings (SSSR count). The van der Waals surface area contributed by atoms with Crippen molar-refractivity contribution in [3.63, 3.8) is 0 Å². The molecule has 2 aromatic rings. The molecule has 0 amide bonds. The van der Waals surface area contributed by atoms with Crippen molar-refractivity contribution in [2.75, 3.05) is 6.61 Å². The molecular weight excluding hydrogens is 258 g/mol. The minimum absolute atomic E-state index is 0.0955. The second-order valence-electron chi connectivity index (χ2n) is 3.82. The van der Waals surface area contributed by atoms with E-state index in [1.54, 1.807) is 12.1 Å². The van der Waals surface area contributed by atoms with E-state index in [-0.39, 0.29) is 18.4 Å². The van der Waals surface area contributed by atoms with Crippen molar-refractivity contribution in [2.45, 2.75) is 19.1 Å². The molecule has 0 aliphatic carbocycles. The number of hydrogen-bond acceptors (Lipinski definition) is 5. The van der Waals surface area contributed by atoms with Gasteiger partial charge in [-0.15, -0.1) is 10.2 Å². The molecule has 0 aliphatic rings. The largest absolute Gasteiger partial charge is 0.435 e. The van der Waals surface area contributed by atoms with Gasteiger partial charge >= 0.3 is 6.61 Å². The van der Waals surface area contributed by atoms with Crippen LogP contribution in [0.3, 0.4) is 0 Å². The Bertz CT molecular complexity index is 490. The van der Waals surface area contributed by atoms with Crippen molar-refractivity contribution >= 4 is 0 Å². The number of ether oxygens (including phenoxy) is 1. The summed E-state index contributed by atoms with van der Waals surface area (Å²) in [5, 5.41) is 20.4. The molecular formula is C11H12F2N4O2. The van der Waals surface area contributed by atoms with Gasteiger partial charge in [0.25, 0.3) is 0 Å². The van der Waals surface area contributed by atoms with Gasteiger partial charge in [-0.1, -0.05) is 12.1 Å². The molecule has 102 valence electrons. The molecule has 19 heavy (non-hydrogen) atoms. The van der Waals surface area contributed by atoms with Crippen LogP contribution in [0.5, 0.6) is 5.75 Å². The fourth-order valence-corrected chi connectivity index (χ4v) is 1.64. The summed E-state index contributed by atoms with van der Waals surface area (Å²) in [6.45, 7) is -2.98. The topological polar surface area (TPSA) is 73.1 Å². The first kappa shape index (κ1) is 13.3. The number of aliphatic hydroxyl groups excluding tert-OH is 1. The summed E-state index contributed by atoms with van der Waals surface area (Å²) in [5.41, 5.74) is 0.845. The van der Waals surface area contributed by atoms with Crippen LogP contribution in [0.15, 0.2) is 30.6 Å². The summed E-state index contributed by atoms with van der Waals surface area (Å²) < 4.78 is 28.2. The van der Waals surface area contributed by atoms with E-state index < -0.39 is 6.61 Å². The van der Waals surface area contributed by atoms with E-state index in [2.05, 4.69) is 20.1 Å². The summed E-state index contributed by atoms with van der Waals surface area (Å²) >= 11 is 0. The molecule has 1 unspecified atom stereocenters. The van der Waals surface area contributed by atoms with Crippen molar-refractivity contribution in [3.8, 4) is 5.75 Å². The maximum atomic E-state index is 12.0. The van der Waals surface area contributed by atoms with Gasteiger partial charge in [-0.2, -0.15) is 13.6 Å². The fraction of sp³-hybridized carbons (Fsp3) is 0.364. The minimum Gasteiger partial charge on any atom is -0.435 e. The summed E-state index contributed by atoms with van der Waals surface area (Å²) in [4.78, 5) is 1.31. The summed E-state index contributed by atoms with van der Waals surface area (Å²) in [6, 6.07) is 5.86. The zero-order chi connectivity index (χ0) is 13.7. The van der Waals surface area contributed by atoms with Gasteiger partial charge in [0.1, 0.15) is 11.8 Å². The van der Waals surface area contributed by atoms with Crippen LogP contribution in [0.25, 0.3) is 0 Å². The number of halogens is 2. The minimum atomic E-state index is -2.84. The van der Waals surface area contributed by atoms with E-state index in [0.717, 1.165) is 5.56 Å². The molecule has 0 saturated heterocycles. The Morgan fingerprint density at radius 2 is 2.00 bits per heavy atom. The third-order valence-electron chi connectivity index (χ3n) is 2.52. The lowest BCUT2D eigenvalue weighted by atomic mass is 10.1. The molecule has 1 aromatic heterocycles. The van der Waals surface area contributed by atoms with E-state index in [0.29, 0.717) is 6.42 Å². The smallest absolute Gasteiger partial charge is 0.387 e. The molecule has 8 heteroatoms. The van der Waals surface area contributed by atoms with Gasteiger partial charge in [0.05, 0.1) is 6.61 Å². The number of nitrogens with zero attached hydrogens (tertiary/aromatic N) is 4. The van der Waals surface area contributed by atoms with Crippen LogP contribution in [0.2, 0.25) is 0 Å². The van der Waals surface area contributed by atoms with E-state index in [1.165, 1.54) is 23.3 Å². The van der Waals surface area contributed by atoms with Crippen LogP contribution in [0, 0.1) is 0 Å². The van der Waals surface area contributed by atoms with E-state index in [1.807, 2.05) is 0 Å². The van der Waals surface area contributed by atoms with Crippen LogP contribution in [-0.2, 0) is 6.42 Å². The van der Waals surface area contributed by atoms with Gasteiger partial charge in [-0.25, -0.2) is 0 Å². The van der Waals surface area contributed by atoms with Gasteiger partial charge in [0, 0.05) is 0 Å². The Morgan fingerprint density at radius 1 is 1.26 bits per heavy atom. The summed E-state index contributed by atoms with van der Waals surface area (Å²) in [7, 11) is 0. The van der Waals surface area contributed by atoms with Crippen molar-refractivity contribution in [1.82, 2.24) is 20.2 Å². The number of tetrazole rings is 1. The normalized spacial score (nSPS) is 12.6. The maximum absolute atomic E-state index is 12.0. The van der Waals surface area contributed by atoms with Crippen LogP contribution in [0.4, 0.5) is 8.78 Å². The first-order valence-electron chi connectivity index (χ1n) is 5.56. The summed E-state index contributed by atoms with van der Waals surface area (Å²) in [5.74, 6) is 0.0955. The predicted molar refractivity (Wildman–Crippen MR) is 60.7 cm³/mol. The molecule has 1 heterocycles. The van der Waals surface area contributed by atoms with Gasteiger partial charge in [-0.3, -0.25) is 0 Å². The standard InChI is InChI=1S/C11H12F2N4O2/c12-11(13)19-10-3-1-8(2-4-10)5-9(6-18)17-15-7-14-16-17/h1-4,7,9,11,18H,5-6H2. The molecule has 6 nitrogen and oxygen atoms in total. The maximum Gasteiger partial charge on any atom is 0.387 e. The highest BCUT2D eigenvalue weighted by atomic mass is 19.3. The van der Waals surface area contributed by atoms with E-state index in [4.69, 9.17) is 0 Å². The highest BCUT2D eigenvalue weighted by molar-refractivity contribution is 5.27.